The molecule has 0 aliphatic heterocycles. The van der Waals surface area contributed by atoms with Crippen molar-refractivity contribution in [3.8, 4) is 0 Å². The molecule has 0 unspecified atom stereocenters. The smallest absolute Gasteiger partial charge is 0.244 e. The topological polar surface area (TPSA) is 74.8 Å². The maximum Gasteiger partial charge on any atom is 0.244 e. The van der Waals surface area contributed by atoms with Gasteiger partial charge in [0, 0.05) is 12.2 Å². The molecule has 2 N–H and O–H groups in total. The maximum atomic E-state index is 12.2. The zero-order chi connectivity index (χ0) is 13.5. The summed E-state index contributed by atoms with van der Waals surface area (Å²) in [6.07, 6.45) is 4.41. The molecule has 1 aliphatic carbocycles. The van der Waals surface area contributed by atoms with Crippen molar-refractivity contribution >= 4 is 10.0 Å². The summed E-state index contributed by atoms with van der Waals surface area (Å²) in [4.78, 5) is 0.174. The summed E-state index contributed by atoms with van der Waals surface area (Å²) in [5.74, 6) is 0. The number of hydrogen-bond donors (Lipinski definition) is 2. The van der Waals surface area contributed by atoms with Gasteiger partial charge >= 0.3 is 0 Å². The van der Waals surface area contributed by atoms with Gasteiger partial charge in [-0.15, -0.1) is 0 Å². The first-order valence-corrected chi connectivity index (χ1v) is 7.65. The van der Waals surface area contributed by atoms with Crippen molar-refractivity contribution in [3.05, 3.63) is 47.3 Å². The molecule has 1 atom stereocenters. The molecule has 0 radical (unpaired) electrons. The van der Waals surface area contributed by atoms with E-state index in [1.807, 2.05) is 19.1 Å². The van der Waals surface area contributed by atoms with Crippen LogP contribution in [0, 0.1) is 6.92 Å². The Morgan fingerprint density at radius 2 is 2.26 bits per heavy atom. The van der Waals surface area contributed by atoms with Crippen LogP contribution < -0.4 is 4.72 Å². The predicted molar refractivity (Wildman–Crippen MR) is 71.2 cm³/mol. The number of H-pyrrole nitrogens is 1. The highest BCUT2D eigenvalue weighted by Gasteiger charge is 2.27. The zero-order valence-corrected chi connectivity index (χ0v) is 11.4. The number of benzene rings is 1. The third-order valence-corrected chi connectivity index (χ3v) is 4.90. The molecule has 0 amide bonds. The van der Waals surface area contributed by atoms with Gasteiger partial charge in [-0.3, -0.25) is 5.10 Å². The summed E-state index contributed by atoms with van der Waals surface area (Å²) in [7, 11) is -3.50. The molecule has 1 heterocycles. The Morgan fingerprint density at radius 3 is 3.00 bits per heavy atom. The lowest BCUT2D eigenvalue weighted by Crippen LogP contribution is -2.27. The van der Waals surface area contributed by atoms with Gasteiger partial charge in [-0.25, -0.2) is 13.1 Å². The second kappa shape index (κ2) is 4.47. The lowest BCUT2D eigenvalue weighted by atomic mass is 10.1. The van der Waals surface area contributed by atoms with Gasteiger partial charge in [0.25, 0.3) is 0 Å². The van der Waals surface area contributed by atoms with Crippen molar-refractivity contribution in [1.82, 2.24) is 14.9 Å². The van der Waals surface area contributed by atoms with Crippen LogP contribution in [-0.4, -0.2) is 18.6 Å². The van der Waals surface area contributed by atoms with E-state index in [0.717, 1.165) is 18.4 Å². The van der Waals surface area contributed by atoms with Crippen molar-refractivity contribution in [2.75, 3.05) is 0 Å². The van der Waals surface area contributed by atoms with Gasteiger partial charge in [-0.05, 0) is 30.9 Å². The first-order valence-electron chi connectivity index (χ1n) is 6.17. The molecule has 2 aromatic rings. The molecule has 0 saturated heterocycles. The molecule has 0 spiro atoms. The average molecular weight is 277 g/mol. The number of nitrogens with one attached hydrogen (secondary N) is 2. The van der Waals surface area contributed by atoms with Crippen molar-refractivity contribution in [3.63, 3.8) is 0 Å². The van der Waals surface area contributed by atoms with Crippen LogP contribution in [0.2, 0.25) is 0 Å². The number of sulfonamides is 1. The Hall–Kier alpha value is -1.66. The molecule has 3 rings (SSSR count). The van der Waals surface area contributed by atoms with Crippen LogP contribution in [0.4, 0.5) is 0 Å². The standard InChI is InChI=1S/C13H15N3O2S/c1-9-2-4-12-10(6-9)3-5-13(12)16-19(17,18)11-7-14-15-8-11/h2,4,6-8,13,16H,3,5H2,1H3,(H,14,15)/t13-/m0/s1. The molecule has 0 fully saturated rings. The summed E-state index contributed by atoms with van der Waals surface area (Å²) in [5, 5.41) is 6.19. The fourth-order valence-electron chi connectivity index (χ4n) is 2.51. The number of aryl methyl sites for hydroxylation is 2. The number of aromatic nitrogens is 2. The minimum absolute atomic E-state index is 0.143. The molecular weight excluding hydrogens is 262 g/mol. The van der Waals surface area contributed by atoms with Crippen molar-refractivity contribution < 1.29 is 8.42 Å². The molecule has 19 heavy (non-hydrogen) atoms. The average Bonchev–Trinajstić information content (AvgIpc) is 2.98. The number of rotatable bonds is 3. The van der Waals surface area contributed by atoms with E-state index in [-0.39, 0.29) is 10.9 Å². The van der Waals surface area contributed by atoms with Crippen LogP contribution in [-0.2, 0) is 16.4 Å². The first-order chi connectivity index (χ1) is 9.06. The normalized spacial score (nSPS) is 18.5. The summed E-state index contributed by atoms with van der Waals surface area (Å²) >= 11 is 0. The number of aromatic amines is 1. The van der Waals surface area contributed by atoms with Gasteiger partial charge in [-0.1, -0.05) is 23.8 Å². The quantitative estimate of drug-likeness (QED) is 0.896. The van der Waals surface area contributed by atoms with Crippen LogP contribution in [0.1, 0.15) is 29.2 Å². The van der Waals surface area contributed by atoms with Crippen LogP contribution >= 0.6 is 0 Å². The van der Waals surface area contributed by atoms with Gasteiger partial charge in [0.15, 0.2) is 0 Å². The highest BCUT2D eigenvalue weighted by atomic mass is 32.2. The molecule has 0 bridgehead atoms. The molecular formula is C13H15N3O2S. The van der Waals surface area contributed by atoms with Gasteiger partial charge in [0.2, 0.25) is 10.0 Å². The Balaban J connectivity index is 1.88. The Morgan fingerprint density at radius 1 is 1.42 bits per heavy atom. The second-order valence-corrected chi connectivity index (χ2v) is 6.56. The minimum Gasteiger partial charge on any atom is -0.284 e. The lowest BCUT2D eigenvalue weighted by molar-refractivity contribution is 0.554. The minimum atomic E-state index is -3.50. The maximum absolute atomic E-state index is 12.2. The lowest BCUT2D eigenvalue weighted by Gasteiger charge is -2.13. The van der Waals surface area contributed by atoms with Crippen molar-refractivity contribution in [1.29, 1.82) is 0 Å². The van der Waals surface area contributed by atoms with Crippen LogP contribution in [0.15, 0.2) is 35.5 Å². The van der Waals surface area contributed by atoms with Gasteiger partial charge in [0.1, 0.15) is 4.90 Å². The largest absolute Gasteiger partial charge is 0.284 e. The third-order valence-electron chi connectivity index (χ3n) is 3.46. The van der Waals surface area contributed by atoms with E-state index in [9.17, 15) is 8.42 Å². The van der Waals surface area contributed by atoms with Gasteiger partial charge in [0.05, 0.1) is 6.20 Å². The summed E-state index contributed by atoms with van der Waals surface area (Å²) in [6.45, 7) is 2.04. The Kier molecular flexibility index (Phi) is 2.91. The van der Waals surface area contributed by atoms with E-state index in [4.69, 9.17) is 0 Å². The summed E-state index contributed by atoms with van der Waals surface area (Å²) < 4.78 is 27.1. The summed E-state index contributed by atoms with van der Waals surface area (Å²) in [6, 6.07) is 6.01. The fourth-order valence-corrected chi connectivity index (χ4v) is 3.66. The molecule has 1 aromatic heterocycles. The number of hydrogen-bond acceptors (Lipinski definition) is 3. The molecule has 100 valence electrons. The van der Waals surface area contributed by atoms with Crippen LogP contribution in [0.25, 0.3) is 0 Å². The zero-order valence-electron chi connectivity index (χ0n) is 10.6. The molecule has 5 nitrogen and oxygen atoms in total. The molecule has 1 aromatic carbocycles. The Labute approximate surface area is 112 Å². The van der Waals surface area contributed by atoms with Crippen LogP contribution in [0.5, 0.6) is 0 Å². The number of nitrogens with zero attached hydrogens (tertiary/aromatic N) is 1. The first kappa shape index (κ1) is 12.4. The second-order valence-electron chi connectivity index (χ2n) is 4.85. The van der Waals surface area contributed by atoms with Crippen LogP contribution in [0.3, 0.4) is 0 Å². The fraction of sp³-hybridized carbons (Fsp3) is 0.308. The van der Waals surface area contributed by atoms with E-state index in [2.05, 4.69) is 21.0 Å². The monoisotopic (exact) mass is 277 g/mol. The van der Waals surface area contributed by atoms with Gasteiger partial charge in [-0.2, -0.15) is 5.10 Å². The highest BCUT2D eigenvalue weighted by molar-refractivity contribution is 7.89. The molecule has 0 saturated carbocycles. The number of fused-ring (bicyclic) bond motifs is 1. The summed E-state index contributed by atoms with van der Waals surface area (Å²) in [5.41, 5.74) is 3.52. The van der Waals surface area contributed by atoms with Crippen molar-refractivity contribution in [2.45, 2.75) is 30.7 Å². The van der Waals surface area contributed by atoms with E-state index in [1.54, 1.807) is 0 Å². The van der Waals surface area contributed by atoms with E-state index >= 15 is 0 Å². The molecule has 1 aliphatic rings. The van der Waals surface area contributed by atoms with E-state index in [1.165, 1.54) is 23.5 Å². The highest BCUT2D eigenvalue weighted by Crippen LogP contribution is 2.32. The van der Waals surface area contributed by atoms with Gasteiger partial charge < -0.3 is 0 Å². The third kappa shape index (κ3) is 2.29. The van der Waals surface area contributed by atoms with E-state index < -0.39 is 10.0 Å². The Bertz CT molecular complexity index is 693. The molecule has 6 heteroatoms. The predicted octanol–water partition coefficient (Wildman–Crippen LogP) is 1.68. The van der Waals surface area contributed by atoms with Crippen molar-refractivity contribution in [2.24, 2.45) is 0 Å². The SMILES string of the molecule is Cc1ccc2c(c1)CC[C@@H]2NS(=O)(=O)c1cn[nH]c1. The van der Waals surface area contributed by atoms with E-state index in [0.29, 0.717) is 0 Å².